The highest BCUT2D eigenvalue weighted by Crippen LogP contribution is 2.20. The van der Waals surface area contributed by atoms with Crippen LogP contribution in [0.15, 0.2) is 77.7 Å². The average molecular weight is 312 g/mol. The molecule has 0 atom stereocenters. The third-order valence-electron chi connectivity index (χ3n) is 3.48. The highest BCUT2D eigenvalue weighted by molar-refractivity contribution is 7.86. The van der Waals surface area contributed by atoms with Crippen molar-refractivity contribution in [2.75, 3.05) is 6.61 Å². The Morgan fingerprint density at radius 3 is 2.23 bits per heavy atom. The van der Waals surface area contributed by atoms with Gasteiger partial charge in [-0.25, -0.2) is 0 Å². The van der Waals surface area contributed by atoms with E-state index in [1.54, 1.807) is 18.2 Å². The van der Waals surface area contributed by atoms with E-state index >= 15 is 0 Å². The lowest BCUT2D eigenvalue weighted by molar-refractivity contribution is 0.322. The lowest BCUT2D eigenvalue weighted by Gasteiger charge is -2.07. The molecule has 0 amide bonds. The van der Waals surface area contributed by atoms with E-state index < -0.39 is 10.1 Å². The normalized spacial score (nSPS) is 11.6. The zero-order valence-corrected chi connectivity index (χ0v) is 12.8. The minimum Gasteiger partial charge on any atom is -0.266 e. The fraction of sp³-hybridized carbons (Fsp3) is 0.111. The smallest absolute Gasteiger partial charge is 0.266 e. The minimum absolute atomic E-state index is 0.138. The molecule has 3 nitrogen and oxygen atoms in total. The van der Waals surface area contributed by atoms with Crippen molar-refractivity contribution in [3.63, 3.8) is 0 Å². The molecule has 0 aliphatic carbocycles. The van der Waals surface area contributed by atoms with Gasteiger partial charge in [0.15, 0.2) is 0 Å². The zero-order chi connectivity index (χ0) is 15.4. The van der Waals surface area contributed by atoms with Gasteiger partial charge in [-0.05, 0) is 34.9 Å². The molecule has 0 fully saturated rings. The van der Waals surface area contributed by atoms with Crippen LogP contribution in [0.5, 0.6) is 0 Å². The minimum atomic E-state index is -3.72. The van der Waals surface area contributed by atoms with Gasteiger partial charge in [-0.2, -0.15) is 8.42 Å². The van der Waals surface area contributed by atoms with Crippen LogP contribution in [0.25, 0.3) is 10.8 Å². The maximum atomic E-state index is 12.2. The van der Waals surface area contributed by atoms with Crippen LogP contribution in [0.1, 0.15) is 5.56 Å². The van der Waals surface area contributed by atoms with E-state index in [1.807, 2.05) is 54.6 Å². The maximum absolute atomic E-state index is 12.2. The van der Waals surface area contributed by atoms with Crippen molar-refractivity contribution in [1.29, 1.82) is 0 Å². The topological polar surface area (TPSA) is 43.4 Å². The Labute approximate surface area is 130 Å². The van der Waals surface area contributed by atoms with E-state index in [0.29, 0.717) is 6.42 Å². The van der Waals surface area contributed by atoms with Crippen LogP contribution in [-0.2, 0) is 20.7 Å². The van der Waals surface area contributed by atoms with E-state index in [2.05, 4.69) is 0 Å². The summed E-state index contributed by atoms with van der Waals surface area (Å²) in [6, 6.07) is 22.3. The van der Waals surface area contributed by atoms with Crippen molar-refractivity contribution >= 4 is 20.9 Å². The molecule has 0 unspecified atom stereocenters. The first-order chi connectivity index (χ1) is 10.6. The van der Waals surface area contributed by atoms with Gasteiger partial charge in [-0.1, -0.05) is 60.7 Å². The van der Waals surface area contributed by atoms with Gasteiger partial charge in [0, 0.05) is 0 Å². The highest BCUT2D eigenvalue weighted by atomic mass is 32.2. The summed E-state index contributed by atoms with van der Waals surface area (Å²) >= 11 is 0. The molecule has 3 rings (SSSR count). The van der Waals surface area contributed by atoms with Gasteiger partial charge in [0.2, 0.25) is 0 Å². The van der Waals surface area contributed by atoms with Crippen molar-refractivity contribution in [2.45, 2.75) is 11.3 Å². The second kappa shape index (κ2) is 6.30. The predicted molar refractivity (Wildman–Crippen MR) is 87.2 cm³/mol. The zero-order valence-electron chi connectivity index (χ0n) is 12.0. The molecule has 22 heavy (non-hydrogen) atoms. The fourth-order valence-corrected chi connectivity index (χ4v) is 3.25. The van der Waals surface area contributed by atoms with Crippen molar-refractivity contribution in [2.24, 2.45) is 0 Å². The monoisotopic (exact) mass is 312 g/mol. The Kier molecular flexibility index (Phi) is 4.22. The third-order valence-corrected chi connectivity index (χ3v) is 4.79. The molecule has 3 aromatic rings. The van der Waals surface area contributed by atoms with E-state index in [0.717, 1.165) is 16.3 Å². The van der Waals surface area contributed by atoms with Gasteiger partial charge in [0.25, 0.3) is 10.1 Å². The van der Waals surface area contributed by atoms with Crippen LogP contribution < -0.4 is 0 Å². The Balaban J connectivity index is 1.74. The number of fused-ring (bicyclic) bond motifs is 1. The van der Waals surface area contributed by atoms with E-state index in [4.69, 9.17) is 4.18 Å². The lowest BCUT2D eigenvalue weighted by atomic mass is 10.1. The van der Waals surface area contributed by atoms with Crippen LogP contribution >= 0.6 is 0 Å². The second-order valence-electron chi connectivity index (χ2n) is 5.02. The summed E-state index contributed by atoms with van der Waals surface area (Å²) in [6.07, 6.45) is 0.563. The Morgan fingerprint density at radius 2 is 1.45 bits per heavy atom. The molecular weight excluding hydrogens is 296 g/mol. The molecular formula is C18H16O3S. The number of hydrogen-bond acceptors (Lipinski definition) is 3. The third kappa shape index (κ3) is 3.35. The number of hydrogen-bond donors (Lipinski definition) is 0. The largest absolute Gasteiger partial charge is 0.297 e. The molecule has 3 aromatic carbocycles. The lowest BCUT2D eigenvalue weighted by Crippen LogP contribution is -2.09. The van der Waals surface area contributed by atoms with Crippen LogP contribution in [0, 0.1) is 0 Å². The molecule has 0 bridgehead atoms. The first kappa shape index (κ1) is 14.8. The second-order valence-corrected chi connectivity index (χ2v) is 6.64. The van der Waals surface area contributed by atoms with Crippen molar-refractivity contribution in [3.05, 3.63) is 78.4 Å². The van der Waals surface area contributed by atoms with Gasteiger partial charge >= 0.3 is 0 Å². The van der Waals surface area contributed by atoms with Gasteiger partial charge in [0.1, 0.15) is 0 Å². The van der Waals surface area contributed by atoms with Crippen molar-refractivity contribution in [3.8, 4) is 0 Å². The highest BCUT2D eigenvalue weighted by Gasteiger charge is 2.15. The van der Waals surface area contributed by atoms with Crippen molar-refractivity contribution in [1.82, 2.24) is 0 Å². The molecule has 112 valence electrons. The van der Waals surface area contributed by atoms with Gasteiger partial charge < -0.3 is 0 Å². The molecule has 0 radical (unpaired) electrons. The fourth-order valence-electron chi connectivity index (χ4n) is 2.30. The van der Waals surface area contributed by atoms with Crippen LogP contribution in [0.2, 0.25) is 0 Å². The number of benzene rings is 3. The SMILES string of the molecule is O=S(=O)(OCCc1ccccc1)c1ccc2ccccc2c1. The Morgan fingerprint density at radius 1 is 0.773 bits per heavy atom. The Hall–Kier alpha value is -2.17. The first-order valence-electron chi connectivity index (χ1n) is 7.07. The van der Waals surface area contributed by atoms with Crippen LogP contribution in [0.3, 0.4) is 0 Å². The Bertz CT molecular complexity index is 871. The summed E-state index contributed by atoms with van der Waals surface area (Å²) < 4.78 is 29.6. The number of rotatable bonds is 5. The van der Waals surface area contributed by atoms with Crippen LogP contribution in [-0.4, -0.2) is 15.0 Å². The molecule has 0 aromatic heterocycles. The molecule has 0 spiro atoms. The first-order valence-corrected chi connectivity index (χ1v) is 8.48. The molecule has 0 aliphatic rings. The molecule has 0 N–H and O–H groups in total. The molecule has 0 aliphatic heterocycles. The molecule has 0 saturated heterocycles. The van der Waals surface area contributed by atoms with E-state index in [1.165, 1.54) is 0 Å². The summed E-state index contributed by atoms with van der Waals surface area (Å²) in [5.74, 6) is 0. The van der Waals surface area contributed by atoms with Gasteiger partial charge in [-0.3, -0.25) is 4.18 Å². The summed E-state index contributed by atoms with van der Waals surface area (Å²) in [5.41, 5.74) is 1.05. The van der Waals surface area contributed by atoms with Gasteiger partial charge in [0.05, 0.1) is 11.5 Å². The summed E-state index contributed by atoms with van der Waals surface area (Å²) in [6.45, 7) is 0.138. The van der Waals surface area contributed by atoms with E-state index in [-0.39, 0.29) is 11.5 Å². The van der Waals surface area contributed by atoms with Crippen LogP contribution in [0.4, 0.5) is 0 Å². The standard InChI is InChI=1S/C18H16O3S/c19-22(20,21-13-12-15-6-2-1-3-7-15)18-11-10-16-8-4-5-9-17(16)14-18/h1-11,14H,12-13H2. The summed E-state index contributed by atoms with van der Waals surface area (Å²) in [7, 11) is -3.72. The quantitative estimate of drug-likeness (QED) is 0.673. The van der Waals surface area contributed by atoms with Gasteiger partial charge in [-0.15, -0.1) is 0 Å². The summed E-state index contributed by atoms with van der Waals surface area (Å²) in [5, 5.41) is 1.89. The van der Waals surface area contributed by atoms with E-state index in [9.17, 15) is 8.42 Å². The predicted octanol–water partition coefficient (Wildman–Crippen LogP) is 3.79. The van der Waals surface area contributed by atoms with Crippen molar-refractivity contribution < 1.29 is 12.6 Å². The average Bonchev–Trinajstić information content (AvgIpc) is 2.55. The maximum Gasteiger partial charge on any atom is 0.297 e. The molecule has 0 saturated carbocycles. The molecule has 0 heterocycles. The summed E-state index contributed by atoms with van der Waals surface area (Å²) in [4.78, 5) is 0.194. The molecule has 4 heteroatoms.